The molecule has 0 bridgehead atoms. The minimum Gasteiger partial charge on any atom is -0.299 e. The van der Waals surface area contributed by atoms with Crippen molar-refractivity contribution in [2.75, 3.05) is 6.54 Å². The van der Waals surface area contributed by atoms with Crippen molar-refractivity contribution in [1.82, 2.24) is 0 Å². The van der Waals surface area contributed by atoms with Gasteiger partial charge in [0.25, 0.3) is 0 Å². The molecule has 0 radical (unpaired) electrons. The van der Waals surface area contributed by atoms with Crippen LogP contribution in [0.3, 0.4) is 0 Å². The van der Waals surface area contributed by atoms with Crippen molar-refractivity contribution in [3.05, 3.63) is 10.4 Å². The normalized spacial score (nSPS) is 27.6. The highest BCUT2D eigenvalue weighted by molar-refractivity contribution is 5.89. The first-order valence-electron chi connectivity index (χ1n) is 4.23. The van der Waals surface area contributed by atoms with Crippen LogP contribution in [0.4, 0.5) is 0 Å². The number of hydrogen-bond donors (Lipinski definition) is 0. The molecule has 66 valence electrons. The molecule has 1 rings (SSSR count). The molecule has 1 unspecified atom stereocenters. The van der Waals surface area contributed by atoms with Gasteiger partial charge in [0.1, 0.15) is 5.78 Å². The number of nitrogens with zero attached hydrogens (tertiary/aromatic N) is 3. The molecule has 0 aromatic rings. The molecule has 1 fully saturated rings. The largest absolute Gasteiger partial charge is 0.299 e. The van der Waals surface area contributed by atoms with Crippen molar-refractivity contribution in [1.29, 1.82) is 0 Å². The van der Waals surface area contributed by atoms with Gasteiger partial charge in [-0.3, -0.25) is 4.79 Å². The molecule has 0 spiro atoms. The summed E-state index contributed by atoms with van der Waals surface area (Å²) in [5.74, 6) is 0.364. The summed E-state index contributed by atoms with van der Waals surface area (Å²) < 4.78 is 0. The van der Waals surface area contributed by atoms with Crippen molar-refractivity contribution in [3.8, 4) is 0 Å². The zero-order valence-corrected chi connectivity index (χ0v) is 7.29. The Morgan fingerprint density at radius 3 is 2.92 bits per heavy atom. The van der Waals surface area contributed by atoms with Crippen LogP contribution in [0.5, 0.6) is 0 Å². The Morgan fingerprint density at radius 2 is 2.50 bits per heavy atom. The molecule has 0 aromatic carbocycles. The molecular weight excluding hydrogens is 154 g/mol. The number of Topliss-reactive ketones (excluding diaryl/α,β-unsaturated/α-hetero) is 1. The topological polar surface area (TPSA) is 65.8 Å². The van der Waals surface area contributed by atoms with Gasteiger partial charge in [-0.1, -0.05) is 12.0 Å². The highest BCUT2D eigenvalue weighted by Gasteiger charge is 2.40. The summed E-state index contributed by atoms with van der Waals surface area (Å²) in [5, 5.41) is 3.43. The molecule has 0 N–H and O–H groups in total. The lowest BCUT2D eigenvalue weighted by atomic mass is 9.66. The van der Waals surface area contributed by atoms with Gasteiger partial charge in [0, 0.05) is 23.3 Å². The fourth-order valence-electron chi connectivity index (χ4n) is 1.50. The Labute approximate surface area is 71.6 Å². The maximum Gasteiger partial charge on any atom is 0.138 e. The molecule has 0 amide bonds. The Bertz CT molecular complexity index is 232. The third kappa shape index (κ3) is 1.77. The Hall–Kier alpha value is -1.02. The minimum atomic E-state index is -0.0923. The van der Waals surface area contributed by atoms with Gasteiger partial charge in [-0.15, -0.1) is 0 Å². The SMILES string of the molecule is CC1(CCCN=[N+]=[N-])CCC1=O. The van der Waals surface area contributed by atoms with Crippen LogP contribution in [0, 0.1) is 5.41 Å². The number of hydrogen-bond acceptors (Lipinski definition) is 2. The van der Waals surface area contributed by atoms with Gasteiger partial charge in [0.15, 0.2) is 0 Å². The molecule has 4 heteroatoms. The van der Waals surface area contributed by atoms with Crippen LogP contribution in [0.2, 0.25) is 0 Å². The van der Waals surface area contributed by atoms with Gasteiger partial charge in [-0.25, -0.2) is 0 Å². The first kappa shape index (κ1) is 9.07. The summed E-state index contributed by atoms with van der Waals surface area (Å²) >= 11 is 0. The Kier molecular flexibility index (Phi) is 2.71. The summed E-state index contributed by atoms with van der Waals surface area (Å²) in [4.78, 5) is 13.8. The Balaban J connectivity index is 2.22. The Morgan fingerprint density at radius 1 is 1.75 bits per heavy atom. The molecule has 4 nitrogen and oxygen atoms in total. The van der Waals surface area contributed by atoms with Gasteiger partial charge in [0.05, 0.1) is 0 Å². The fraction of sp³-hybridized carbons (Fsp3) is 0.875. The zero-order valence-electron chi connectivity index (χ0n) is 7.29. The van der Waals surface area contributed by atoms with Crippen LogP contribution in [-0.4, -0.2) is 12.3 Å². The van der Waals surface area contributed by atoms with Crippen LogP contribution in [0.25, 0.3) is 10.4 Å². The number of carbonyl (C=O) groups is 1. The molecule has 1 atom stereocenters. The van der Waals surface area contributed by atoms with Crippen molar-refractivity contribution in [2.24, 2.45) is 10.5 Å². The number of ketones is 1. The van der Waals surface area contributed by atoms with Crippen molar-refractivity contribution >= 4 is 5.78 Å². The molecule has 1 aliphatic carbocycles. The van der Waals surface area contributed by atoms with E-state index in [4.69, 9.17) is 5.53 Å². The van der Waals surface area contributed by atoms with Crippen LogP contribution >= 0.6 is 0 Å². The van der Waals surface area contributed by atoms with Crippen LogP contribution in [0.1, 0.15) is 32.6 Å². The highest BCUT2D eigenvalue weighted by atomic mass is 16.1. The lowest BCUT2D eigenvalue weighted by Crippen LogP contribution is -2.37. The van der Waals surface area contributed by atoms with Gasteiger partial charge in [-0.05, 0) is 24.8 Å². The van der Waals surface area contributed by atoms with E-state index in [1.54, 1.807) is 0 Å². The van der Waals surface area contributed by atoms with E-state index in [0.29, 0.717) is 12.3 Å². The number of azide groups is 1. The molecular formula is C8H13N3O. The zero-order chi connectivity index (χ0) is 9.03. The smallest absolute Gasteiger partial charge is 0.138 e. The van der Waals surface area contributed by atoms with Gasteiger partial charge < -0.3 is 0 Å². The lowest BCUT2D eigenvalue weighted by Gasteiger charge is -2.36. The van der Waals surface area contributed by atoms with Crippen LogP contribution in [-0.2, 0) is 4.79 Å². The first-order chi connectivity index (χ1) is 5.69. The third-order valence-electron chi connectivity index (χ3n) is 2.63. The van der Waals surface area contributed by atoms with Crippen molar-refractivity contribution < 1.29 is 4.79 Å². The summed E-state index contributed by atoms with van der Waals surface area (Å²) in [6.07, 6.45) is 3.43. The summed E-state index contributed by atoms with van der Waals surface area (Å²) in [7, 11) is 0. The first-order valence-corrected chi connectivity index (χ1v) is 4.23. The van der Waals surface area contributed by atoms with Crippen LogP contribution < -0.4 is 0 Å². The maximum absolute atomic E-state index is 11.1. The van der Waals surface area contributed by atoms with E-state index in [1.165, 1.54) is 0 Å². The van der Waals surface area contributed by atoms with Gasteiger partial charge >= 0.3 is 0 Å². The summed E-state index contributed by atoms with van der Waals surface area (Å²) in [6.45, 7) is 2.51. The van der Waals surface area contributed by atoms with E-state index in [2.05, 4.69) is 10.0 Å². The van der Waals surface area contributed by atoms with E-state index in [-0.39, 0.29) is 5.41 Å². The molecule has 12 heavy (non-hydrogen) atoms. The van der Waals surface area contributed by atoms with E-state index >= 15 is 0 Å². The average Bonchev–Trinajstić information content (AvgIpc) is 2.09. The summed E-state index contributed by atoms with van der Waals surface area (Å²) in [6, 6.07) is 0. The molecule has 0 heterocycles. The van der Waals surface area contributed by atoms with Crippen LogP contribution in [0.15, 0.2) is 5.11 Å². The average molecular weight is 167 g/mol. The van der Waals surface area contributed by atoms with Gasteiger partial charge in [-0.2, -0.15) is 0 Å². The quantitative estimate of drug-likeness (QED) is 0.274. The molecule has 0 aliphatic heterocycles. The fourth-order valence-corrected chi connectivity index (χ4v) is 1.50. The third-order valence-corrected chi connectivity index (χ3v) is 2.63. The number of rotatable bonds is 4. The molecule has 1 aliphatic rings. The molecule has 0 saturated heterocycles. The van der Waals surface area contributed by atoms with Crippen molar-refractivity contribution in [3.63, 3.8) is 0 Å². The maximum atomic E-state index is 11.1. The highest BCUT2D eigenvalue weighted by Crippen LogP contribution is 2.40. The lowest BCUT2D eigenvalue weighted by molar-refractivity contribution is -0.137. The van der Waals surface area contributed by atoms with E-state index in [0.717, 1.165) is 25.7 Å². The second-order valence-corrected chi connectivity index (χ2v) is 3.54. The predicted octanol–water partition coefficient (Wildman–Crippen LogP) is 2.45. The predicted molar refractivity (Wildman–Crippen MR) is 45.6 cm³/mol. The second-order valence-electron chi connectivity index (χ2n) is 3.54. The minimum absolute atomic E-state index is 0.0923. The molecule has 0 aromatic heterocycles. The summed E-state index contributed by atoms with van der Waals surface area (Å²) in [5.41, 5.74) is 7.92. The second kappa shape index (κ2) is 3.59. The molecule has 1 saturated carbocycles. The standard InChI is InChI=1S/C8H13N3O/c1-8(5-3-7(8)12)4-2-6-10-11-9/h2-6H2,1H3. The van der Waals surface area contributed by atoms with Gasteiger partial charge in [0.2, 0.25) is 0 Å². The number of carbonyl (C=O) groups excluding carboxylic acids is 1. The van der Waals surface area contributed by atoms with E-state index < -0.39 is 0 Å². The van der Waals surface area contributed by atoms with E-state index in [9.17, 15) is 4.79 Å². The van der Waals surface area contributed by atoms with E-state index in [1.807, 2.05) is 6.92 Å². The van der Waals surface area contributed by atoms with Crippen molar-refractivity contribution in [2.45, 2.75) is 32.6 Å². The monoisotopic (exact) mass is 167 g/mol.